The lowest BCUT2D eigenvalue weighted by molar-refractivity contribution is 0.0945. The monoisotopic (exact) mass is 398 g/mol. The summed E-state index contributed by atoms with van der Waals surface area (Å²) >= 11 is 3.26. The maximum atomic E-state index is 12.3. The normalized spacial score (nSPS) is 11.1. The highest BCUT2D eigenvalue weighted by Crippen LogP contribution is 2.20. The van der Waals surface area contributed by atoms with Crippen molar-refractivity contribution in [2.45, 2.75) is 11.8 Å². The van der Waals surface area contributed by atoms with E-state index in [4.69, 9.17) is 4.74 Å². The number of carbonyl (C=O) groups excluding carboxylic acids is 1. The summed E-state index contributed by atoms with van der Waals surface area (Å²) in [6.07, 6.45) is 0. The number of rotatable bonds is 5. The van der Waals surface area contributed by atoms with Crippen LogP contribution in [0.2, 0.25) is 0 Å². The van der Waals surface area contributed by atoms with Crippen molar-refractivity contribution in [2.75, 3.05) is 7.11 Å². The van der Waals surface area contributed by atoms with Gasteiger partial charge in [-0.15, -0.1) is 4.83 Å². The summed E-state index contributed by atoms with van der Waals surface area (Å²) in [6, 6.07) is 11.1. The number of hydrogen-bond donors (Lipinski definition) is 2. The van der Waals surface area contributed by atoms with Gasteiger partial charge in [0.2, 0.25) is 0 Å². The van der Waals surface area contributed by atoms with E-state index < -0.39 is 15.9 Å². The van der Waals surface area contributed by atoms with Crippen molar-refractivity contribution < 1.29 is 17.9 Å². The number of carbonyl (C=O) groups is 1. The fourth-order valence-electron chi connectivity index (χ4n) is 1.89. The Kier molecular flexibility index (Phi) is 5.40. The molecule has 122 valence electrons. The zero-order chi connectivity index (χ0) is 17.0. The van der Waals surface area contributed by atoms with Crippen LogP contribution < -0.4 is 15.0 Å². The van der Waals surface area contributed by atoms with E-state index in [9.17, 15) is 13.2 Å². The lowest BCUT2D eigenvalue weighted by Gasteiger charge is -2.11. The van der Waals surface area contributed by atoms with Crippen molar-refractivity contribution >= 4 is 31.9 Å². The predicted molar refractivity (Wildman–Crippen MR) is 89.7 cm³/mol. The van der Waals surface area contributed by atoms with Crippen molar-refractivity contribution in [1.29, 1.82) is 0 Å². The van der Waals surface area contributed by atoms with Gasteiger partial charge in [-0.1, -0.05) is 15.9 Å². The molecule has 0 fully saturated rings. The maximum Gasteiger partial charge on any atom is 0.266 e. The lowest BCUT2D eigenvalue weighted by Crippen LogP contribution is -2.41. The molecule has 1 amide bonds. The van der Waals surface area contributed by atoms with Crippen LogP contribution in [0.15, 0.2) is 51.8 Å². The largest absolute Gasteiger partial charge is 0.497 e. The van der Waals surface area contributed by atoms with Gasteiger partial charge in [-0.3, -0.25) is 10.2 Å². The number of nitrogens with one attached hydrogen (secondary N) is 2. The zero-order valence-electron chi connectivity index (χ0n) is 12.5. The molecule has 2 N–H and O–H groups in total. The molecule has 0 aliphatic carbocycles. The van der Waals surface area contributed by atoms with Gasteiger partial charge in [0, 0.05) is 10.0 Å². The van der Waals surface area contributed by atoms with Gasteiger partial charge in [0.15, 0.2) is 0 Å². The highest BCUT2D eigenvalue weighted by molar-refractivity contribution is 9.10. The fraction of sp³-hybridized carbons (Fsp3) is 0.133. The van der Waals surface area contributed by atoms with Crippen molar-refractivity contribution in [3.63, 3.8) is 0 Å². The molecular formula is C15H15BrN2O4S. The Balaban J connectivity index is 2.12. The van der Waals surface area contributed by atoms with Gasteiger partial charge in [0.05, 0.1) is 12.0 Å². The fourth-order valence-corrected chi connectivity index (χ4v) is 3.22. The molecule has 0 heterocycles. The molecule has 0 aromatic heterocycles. The minimum absolute atomic E-state index is 0.0643. The van der Waals surface area contributed by atoms with Crippen LogP contribution in [-0.4, -0.2) is 21.4 Å². The molecule has 0 atom stereocenters. The number of ether oxygens (including phenoxy) is 1. The van der Waals surface area contributed by atoms with Crippen molar-refractivity contribution in [3.8, 4) is 5.75 Å². The first-order chi connectivity index (χ1) is 10.8. The summed E-state index contributed by atoms with van der Waals surface area (Å²) < 4.78 is 30.4. The Morgan fingerprint density at radius 2 is 1.78 bits per heavy atom. The third kappa shape index (κ3) is 4.31. The van der Waals surface area contributed by atoms with Crippen LogP contribution in [0.25, 0.3) is 0 Å². The van der Waals surface area contributed by atoms with Crippen molar-refractivity contribution in [3.05, 3.63) is 58.1 Å². The second-order valence-corrected chi connectivity index (χ2v) is 7.26. The van der Waals surface area contributed by atoms with Crippen LogP contribution in [-0.2, 0) is 10.0 Å². The van der Waals surface area contributed by atoms with Gasteiger partial charge in [-0.05, 0) is 55.0 Å². The van der Waals surface area contributed by atoms with Gasteiger partial charge >= 0.3 is 0 Å². The average molecular weight is 399 g/mol. The third-order valence-electron chi connectivity index (χ3n) is 3.08. The van der Waals surface area contributed by atoms with Crippen LogP contribution in [0.1, 0.15) is 15.9 Å². The van der Waals surface area contributed by atoms with Crippen LogP contribution >= 0.6 is 15.9 Å². The van der Waals surface area contributed by atoms with E-state index in [0.717, 1.165) is 4.47 Å². The number of amides is 1. The summed E-state index contributed by atoms with van der Waals surface area (Å²) in [4.78, 5) is 14.1. The molecule has 0 aliphatic heterocycles. The number of hydrogen-bond acceptors (Lipinski definition) is 4. The van der Waals surface area contributed by atoms with Crippen molar-refractivity contribution in [2.24, 2.45) is 0 Å². The zero-order valence-corrected chi connectivity index (χ0v) is 14.9. The number of halogens is 1. The quantitative estimate of drug-likeness (QED) is 0.757. The smallest absolute Gasteiger partial charge is 0.266 e. The molecule has 0 radical (unpaired) electrons. The van der Waals surface area contributed by atoms with Gasteiger partial charge in [-0.25, -0.2) is 8.42 Å². The second kappa shape index (κ2) is 7.12. The van der Waals surface area contributed by atoms with Gasteiger partial charge in [0.1, 0.15) is 5.75 Å². The second-order valence-electron chi connectivity index (χ2n) is 4.70. The SMILES string of the molecule is COc1ccc(S(=O)(=O)NNC(=O)c2ccc(Br)cc2)c(C)c1. The summed E-state index contributed by atoms with van der Waals surface area (Å²) in [5, 5.41) is 0. The summed E-state index contributed by atoms with van der Waals surface area (Å²) in [6.45, 7) is 1.65. The van der Waals surface area contributed by atoms with E-state index in [1.165, 1.54) is 19.2 Å². The first-order valence-electron chi connectivity index (χ1n) is 6.56. The maximum absolute atomic E-state index is 12.3. The lowest BCUT2D eigenvalue weighted by atomic mass is 10.2. The number of hydrazine groups is 1. The summed E-state index contributed by atoms with van der Waals surface area (Å²) in [7, 11) is -2.37. The minimum atomic E-state index is -3.87. The molecular weight excluding hydrogens is 384 g/mol. The van der Waals surface area contributed by atoms with Crippen LogP contribution in [0.5, 0.6) is 5.75 Å². The molecule has 0 aliphatic rings. The molecule has 0 bridgehead atoms. The molecule has 2 rings (SSSR count). The Morgan fingerprint density at radius 3 is 2.35 bits per heavy atom. The predicted octanol–water partition coefficient (Wildman–Crippen LogP) is 2.39. The van der Waals surface area contributed by atoms with E-state index in [1.54, 1.807) is 37.3 Å². The molecule has 6 nitrogen and oxygen atoms in total. The summed E-state index contributed by atoms with van der Waals surface area (Å²) in [5.41, 5.74) is 3.03. The van der Waals surface area contributed by atoms with E-state index in [1.807, 2.05) is 0 Å². The van der Waals surface area contributed by atoms with Crippen molar-refractivity contribution in [1.82, 2.24) is 10.3 Å². The van der Waals surface area contributed by atoms with Crippen LogP contribution in [0, 0.1) is 6.92 Å². The van der Waals surface area contributed by atoms with Gasteiger partial charge in [-0.2, -0.15) is 0 Å². The molecule has 2 aromatic rings. The third-order valence-corrected chi connectivity index (χ3v) is 5.01. The highest BCUT2D eigenvalue weighted by atomic mass is 79.9. The molecule has 0 saturated heterocycles. The van der Waals surface area contributed by atoms with Crippen LogP contribution in [0.4, 0.5) is 0 Å². The molecule has 0 spiro atoms. The topological polar surface area (TPSA) is 84.5 Å². The van der Waals surface area contributed by atoms with E-state index in [2.05, 4.69) is 26.2 Å². The number of benzene rings is 2. The number of aryl methyl sites for hydroxylation is 1. The molecule has 2 aromatic carbocycles. The standard InChI is InChI=1S/C15H15BrN2O4S/c1-10-9-13(22-2)7-8-14(10)23(20,21)18-17-15(19)11-3-5-12(16)6-4-11/h3-9,18H,1-2H3,(H,17,19). The molecule has 8 heteroatoms. The molecule has 23 heavy (non-hydrogen) atoms. The van der Waals surface area contributed by atoms with Gasteiger partial charge in [0.25, 0.3) is 15.9 Å². The summed E-state index contributed by atoms with van der Waals surface area (Å²) in [5.74, 6) is 0.00703. The Hall–Kier alpha value is -1.90. The van der Waals surface area contributed by atoms with E-state index in [-0.39, 0.29) is 4.90 Å². The molecule has 0 unspecified atom stereocenters. The highest BCUT2D eigenvalue weighted by Gasteiger charge is 2.18. The van der Waals surface area contributed by atoms with E-state index >= 15 is 0 Å². The van der Waals surface area contributed by atoms with Gasteiger partial charge < -0.3 is 4.74 Å². The Bertz CT molecular complexity index is 820. The number of methoxy groups -OCH3 is 1. The van der Waals surface area contributed by atoms with E-state index in [0.29, 0.717) is 16.9 Å². The first kappa shape index (κ1) is 17.5. The number of sulfonamides is 1. The Morgan fingerprint density at radius 1 is 1.13 bits per heavy atom. The van der Waals surface area contributed by atoms with Crippen LogP contribution in [0.3, 0.4) is 0 Å². The average Bonchev–Trinajstić information content (AvgIpc) is 2.53. The first-order valence-corrected chi connectivity index (χ1v) is 8.83. The Labute approximate surface area is 143 Å². The molecule has 0 saturated carbocycles. The minimum Gasteiger partial charge on any atom is -0.497 e.